The van der Waals surface area contributed by atoms with Crippen LogP contribution in [0.3, 0.4) is 0 Å². The van der Waals surface area contributed by atoms with E-state index >= 15 is 0 Å². The first-order valence-corrected chi connectivity index (χ1v) is 11.1. The maximum Gasteiger partial charge on any atom is 0.222 e. The Bertz CT molecular complexity index is 808. The molecular formula is C22H30N4OS. The van der Waals surface area contributed by atoms with Gasteiger partial charge in [-0.1, -0.05) is 41.6 Å². The van der Waals surface area contributed by atoms with E-state index in [1.165, 1.54) is 11.1 Å². The van der Waals surface area contributed by atoms with Crippen molar-refractivity contribution in [2.45, 2.75) is 45.3 Å². The number of thioether (sulfide) groups is 1. The summed E-state index contributed by atoms with van der Waals surface area (Å²) in [5.41, 5.74) is 5.75. The number of hydrogen-bond donors (Lipinski definition) is 0. The van der Waals surface area contributed by atoms with Crippen molar-refractivity contribution in [3.05, 3.63) is 52.3 Å². The van der Waals surface area contributed by atoms with Crippen LogP contribution in [0.1, 0.15) is 34.5 Å². The normalized spacial score (nSPS) is 15.1. The average Bonchev–Trinajstić information content (AvgIpc) is 2.67. The summed E-state index contributed by atoms with van der Waals surface area (Å²) in [6.45, 7) is 10.6. The van der Waals surface area contributed by atoms with E-state index in [0.717, 1.165) is 54.8 Å². The maximum absolute atomic E-state index is 12.7. The minimum atomic E-state index is 0.239. The largest absolute Gasteiger partial charge is 0.340 e. The number of nitrogens with zero attached hydrogens (tertiary/aromatic N) is 4. The van der Waals surface area contributed by atoms with E-state index in [2.05, 4.69) is 46.1 Å². The molecular weight excluding hydrogens is 368 g/mol. The lowest BCUT2D eigenvalue weighted by atomic mass is 10.1. The van der Waals surface area contributed by atoms with E-state index in [9.17, 15) is 4.79 Å². The molecule has 0 aliphatic carbocycles. The second kappa shape index (κ2) is 9.52. The van der Waals surface area contributed by atoms with Gasteiger partial charge in [-0.15, -0.1) is 0 Å². The topological polar surface area (TPSA) is 49.3 Å². The monoisotopic (exact) mass is 398 g/mol. The molecule has 1 fully saturated rings. The lowest BCUT2D eigenvalue weighted by molar-refractivity contribution is -0.133. The summed E-state index contributed by atoms with van der Waals surface area (Å²) in [5.74, 6) is 0.239. The number of rotatable bonds is 6. The molecule has 1 aliphatic rings. The first kappa shape index (κ1) is 20.8. The minimum absolute atomic E-state index is 0.239. The highest BCUT2D eigenvalue weighted by Crippen LogP contribution is 2.18. The maximum atomic E-state index is 12.7. The molecule has 3 rings (SSSR count). The Balaban J connectivity index is 1.49. The molecule has 0 bridgehead atoms. The summed E-state index contributed by atoms with van der Waals surface area (Å²) < 4.78 is 0. The molecule has 28 heavy (non-hydrogen) atoms. The quantitative estimate of drug-likeness (QED) is 0.551. The number of aromatic nitrogens is 2. The molecule has 150 valence electrons. The van der Waals surface area contributed by atoms with Crippen molar-refractivity contribution in [3.8, 4) is 0 Å². The summed E-state index contributed by atoms with van der Waals surface area (Å²) in [6.07, 6.45) is 3.23. The van der Waals surface area contributed by atoms with Gasteiger partial charge in [0.25, 0.3) is 0 Å². The van der Waals surface area contributed by atoms with Crippen molar-refractivity contribution in [2.24, 2.45) is 0 Å². The van der Waals surface area contributed by atoms with Gasteiger partial charge in [-0.3, -0.25) is 9.69 Å². The first-order valence-electron chi connectivity index (χ1n) is 9.90. The van der Waals surface area contributed by atoms with Crippen LogP contribution >= 0.6 is 11.8 Å². The molecule has 0 unspecified atom stereocenters. The molecule has 0 spiro atoms. The van der Waals surface area contributed by atoms with Crippen LogP contribution in [-0.2, 0) is 17.8 Å². The van der Waals surface area contributed by atoms with E-state index in [0.29, 0.717) is 12.8 Å². The zero-order chi connectivity index (χ0) is 20.1. The van der Waals surface area contributed by atoms with Crippen LogP contribution in [0.25, 0.3) is 0 Å². The summed E-state index contributed by atoms with van der Waals surface area (Å²) in [5, 5.41) is 0.801. The first-order chi connectivity index (χ1) is 13.5. The van der Waals surface area contributed by atoms with E-state index in [-0.39, 0.29) is 5.91 Å². The fourth-order valence-electron chi connectivity index (χ4n) is 3.78. The molecule has 2 aromatic rings. The van der Waals surface area contributed by atoms with Crippen LogP contribution in [-0.4, -0.2) is 58.1 Å². The van der Waals surface area contributed by atoms with Crippen molar-refractivity contribution >= 4 is 17.7 Å². The lowest BCUT2D eigenvalue weighted by Gasteiger charge is -2.35. The van der Waals surface area contributed by atoms with Crippen molar-refractivity contribution in [1.29, 1.82) is 0 Å². The van der Waals surface area contributed by atoms with Gasteiger partial charge in [0.15, 0.2) is 5.16 Å². The van der Waals surface area contributed by atoms with E-state index in [1.807, 2.05) is 25.0 Å². The third kappa shape index (κ3) is 5.32. The molecule has 0 saturated carbocycles. The number of carbonyl (C=O) groups excluding carboxylic acids is 1. The molecule has 5 nitrogen and oxygen atoms in total. The third-order valence-electron chi connectivity index (χ3n) is 5.39. The van der Waals surface area contributed by atoms with Crippen molar-refractivity contribution in [2.75, 3.05) is 32.4 Å². The fourth-order valence-corrected chi connectivity index (χ4v) is 4.23. The number of aryl methyl sites for hydroxylation is 3. The van der Waals surface area contributed by atoms with Crippen molar-refractivity contribution in [1.82, 2.24) is 19.8 Å². The van der Waals surface area contributed by atoms with Crippen LogP contribution in [0.2, 0.25) is 0 Å². The molecule has 1 aromatic carbocycles. The van der Waals surface area contributed by atoms with Crippen LogP contribution in [0.15, 0.2) is 29.4 Å². The summed E-state index contributed by atoms with van der Waals surface area (Å²) >= 11 is 1.55. The standard InChI is InChI=1S/C22H30N4OS/c1-16-6-5-7-19(14-16)15-25-10-12-26(13-11-25)21(27)9-8-20-17(2)23-22(28-4)24-18(20)3/h5-7,14H,8-13,15H2,1-4H3. The van der Waals surface area contributed by atoms with E-state index in [1.54, 1.807) is 11.8 Å². The third-order valence-corrected chi connectivity index (χ3v) is 5.93. The zero-order valence-corrected chi connectivity index (χ0v) is 18.2. The van der Waals surface area contributed by atoms with Crippen molar-refractivity contribution < 1.29 is 4.79 Å². The zero-order valence-electron chi connectivity index (χ0n) is 17.4. The Morgan fingerprint density at radius 2 is 1.75 bits per heavy atom. The Labute approximate surface area is 172 Å². The van der Waals surface area contributed by atoms with Crippen LogP contribution in [0.4, 0.5) is 0 Å². The Morgan fingerprint density at radius 3 is 2.36 bits per heavy atom. The fraction of sp³-hybridized carbons (Fsp3) is 0.500. The van der Waals surface area contributed by atoms with Gasteiger partial charge in [-0.05, 0) is 44.6 Å². The summed E-state index contributed by atoms with van der Waals surface area (Å²) in [4.78, 5) is 26.2. The lowest BCUT2D eigenvalue weighted by Crippen LogP contribution is -2.48. The Hall–Kier alpha value is -1.92. The van der Waals surface area contributed by atoms with Gasteiger partial charge in [0, 0.05) is 50.5 Å². The SMILES string of the molecule is CSc1nc(C)c(CCC(=O)N2CCN(Cc3cccc(C)c3)CC2)c(C)n1. The number of hydrogen-bond acceptors (Lipinski definition) is 5. The van der Waals surface area contributed by atoms with Gasteiger partial charge in [-0.25, -0.2) is 9.97 Å². The number of benzene rings is 1. The molecule has 1 aromatic heterocycles. The minimum Gasteiger partial charge on any atom is -0.340 e. The Morgan fingerprint density at radius 1 is 1.07 bits per heavy atom. The molecule has 6 heteroatoms. The van der Waals surface area contributed by atoms with Gasteiger partial charge in [0.05, 0.1) is 0 Å². The molecule has 1 saturated heterocycles. The van der Waals surface area contributed by atoms with Gasteiger partial charge in [0.2, 0.25) is 5.91 Å². The molecule has 0 radical (unpaired) electrons. The molecule has 0 atom stereocenters. The molecule has 1 amide bonds. The van der Waals surface area contributed by atoms with Gasteiger partial charge in [0.1, 0.15) is 0 Å². The second-order valence-corrected chi connectivity index (χ2v) is 8.28. The molecule has 1 aliphatic heterocycles. The van der Waals surface area contributed by atoms with Gasteiger partial charge < -0.3 is 4.90 Å². The van der Waals surface area contributed by atoms with Crippen LogP contribution in [0.5, 0.6) is 0 Å². The predicted molar refractivity (Wildman–Crippen MR) is 115 cm³/mol. The Kier molecular flexibility index (Phi) is 7.08. The predicted octanol–water partition coefficient (Wildman–Crippen LogP) is 3.40. The average molecular weight is 399 g/mol. The number of piperazine rings is 1. The van der Waals surface area contributed by atoms with Crippen LogP contribution < -0.4 is 0 Å². The highest BCUT2D eigenvalue weighted by molar-refractivity contribution is 7.98. The summed E-state index contributed by atoms with van der Waals surface area (Å²) in [7, 11) is 0. The number of carbonyl (C=O) groups is 1. The van der Waals surface area contributed by atoms with Crippen molar-refractivity contribution in [3.63, 3.8) is 0 Å². The smallest absolute Gasteiger partial charge is 0.222 e. The molecule has 0 N–H and O–H groups in total. The number of amides is 1. The summed E-state index contributed by atoms with van der Waals surface area (Å²) in [6, 6.07) is 8.67. The highest BCUT2D eigenvalue weighted by atomic mass is 32.2. The second-order valence-electron chi connectivity index (χ2n) is 7.51. The van der Waals surface area contributed by atoms with Gasteiger partial charge >= 0.3 is 0 Å². The van der Waals surface area contributed by atoms with E-state index in [4.69, 9.17) is 0 Å². The van der Waals surface area contributed by atoms with E-state index < -0.39 is 0 Å². The van der Waals surface area contributed by atoms with Gasteiger partial charge in [-0.2, -0.15) is 0 Å². The van der Waals surface area contributed by atoms with Crippen LogP contribution in [0, 0.1) is 20.8 Å². The molecule has 2 heterocycles. The highest BCUT2D eigenvalue weighted by Gasteiger charge is 2.21.